The first-order valence-corrected chi connectivity index (χ1v) is 9.73. The predicted octanol–water partition coefficient (Wildman–Crippen LogP) is 1.25. The Hall–Kier alpha value is -2.99. The molecule has 27 heavy (non-hydrogen) atoms. The highest BCUT2D eigenvalue weighted by Gasteiger charge is 2.25. The Kier molecular flexibility index (Phi) is 4.85. The van der Waals surface area contributed by atoms with Gasteiger partial charge in [0.05, 0.1) is 21.6 Å². The number of benzene rings is 1. The third kappa shape index (κ3) is 4.06. The molecule has 1 aromatic heterocycles. The van der Waals surface area contributed by atoms with E-state index < -0.39 is 19.7 Å². The number of sulfone groups is 1. The molecule has 0 fully saturated rings. The summed E-state index contributed by atoms with van der Waals surface area (Å²) in [5.74, 6) is 0. The minimum absolute atomic E-state index is 0.222. The number of nitrogens with zero attached hydrogens (tertiary/aromatic N) is 5. The summed E-state index contributed by atoms with van der Waals surface area (Å²) < 4.78 is 23.1. The third-order valence-corrected chi connectivity index (χ3v) is 5.05. The Balaban J connectivity index is 1.83. The van der Waals surface area contributed by atoms with Crippen LogP contribution in [0.1, 0.15) is 16.8 Å². The fraction of sp³-hybridized carbons (Fsp3) is 0.333. The van der Waals surface area contributed by atoms with Gasteiger partial charge >= 0.3 is 0 Å². The van der Waals surface area contributed by atoms with Crippen molar-refractivity contribution in [1.29, 1.82) is 0 Å². The van der Waals surface area contributed by atoms with Crippen molar-refractivity contribution in [1.82, 2.24) is 14.9 Å². The van der Waals surface area contributed by atoms with Gasteiger partial charge in [0, 0.05) is 55.7 Å². The molecule has 2 aromatic rings. The molecule has 0 radical (unpaired) electrons. The van der Waals surface area contributed by atoms with Crippen LogP contribution in [-0.2, 0) is 29.3 Å². The lowest BCUT2D eigenvalue weighted by Gasteiger charge is -2.27. The molecule has 3 rings (SSSR count). The zero-order valence-corrected chi connectivity index (χ0v) is 15.0. The Morgan fingerprint density at radius 3 is 2.59 bits per heavy atom. The van der Waals surface area contributed by atoms with Gasteiger partial charge in [0.25, 0.3) is 11.4 Å². The van der Waals surface area contributed by atoms with E-state index in [-0.39, 0.29) is 23.1 Å². The summed E-state index contributed by atoms with van der Waals surface area (Å²) in [5, 5.41) is 21.9. The Bertz CT molecular complexity index is 1040. The van der Waals surface area contributed by atoms with Gasteiger partial charge in [-0.1, -0.05) is 0 Å². The number of aromatic nitrogens is 2. The molecule has 0 aliphatic carbocycles. The van der Waals surface area contributed by atoms with E-state index >= 15 is 0 Å². The summed E-state index contributed by atoms with van der Waals surface area (Å²) in [6.07, 6.45) is 2.97. The first-order chi connectivity index (χ1) is 12.6. The maximum atomic E-state index is 11.6. The third-order valence-electron chi connectivity index (χ3n) is 4.19. The molecule has 0 saturated heterocycles. The number of hydrogen-bond acceptors (Lipinski definition) is 9. The van der Waals surface area contributed by atoms with Gasteiger partial charge in [0.1, 0.15) is 0 Å². The highest BCUT2D eigenvalue weighted by atomic mass is 32.2. The van der Waals surface area contributed by atoms with Crippen molar-refractivity contribution >= 4 is 21.2 Å². The fourth-order valence-corrected chi connectivity index (χ4v) is 3.40. The molecule has 0 atom stereocenters. The van der Waals surface area contributed by atoms with Gasteiger partial charge in [0.2, 0.25) is 15.0 Å². The summed E-state index contributed by atoms with van der Waals surface area (Å²) >= 11 is 0. The van der Waals surface area contributed by atoms with Crippen molar-refractivity contribution in [3.63, 3.8) is 0 Å². The second-order valence-electron chi connectivity index (χ2n) is 6.18. The highest BCUT2D eigenvalue weighted by Crippen LogP contribution is 2.27. The van der Waals surface area contributed by atoms with E-state index in [0.29, 0.717) is 30.8 Å². The van der Waals surface area contributed by atoms with Gasteiger partial charge in [0.15, 0.2) is 0 Å². The van der Waals surface area contributed by atoms with Gasteiger partial charge in [-0.05, 0) is 6.07 Å². The second-order valence-corrected chi connectivity index (χ2v) is 8.09. The van der Waals surface area contributed by atoms with Crippen molar-refractivity contribution in [2.24, 2.45) is 0 Å². The molecule has 0 spiro atoms. The van der Waals surface area contributed by atoms with Gasteiger partial charge < -0.3 is 0 Å². The van der Waals surface area contributed by atoms with E-state index in [1.54, 1.807) is 0 Å². The first kappa shape index (κ1) is 18.8. The van der Waals surface area contributed by atoms with Gasteiger partial charge in [-0.3, -0.25) is 25.1 Å². The van der Waals surface area contributed by atoms with Crippen LogP contribution in [-0.4, -0.2) is 45.9 Å². The van der Waals surface area contributed by atoms with Crippen LogP contribution in [0.15, 0.2) is 29.6 Å². The summed E-state index contributed by atoms with van der Waals surface area (Å²) in [4.78, 5) is 30.7. The van der Waals surface area contributed by atoms with Crippen LogP contribution in [0.3, 0.4) is 0 Å². The minimum atomic E-state index is -3.49. The van der Waals surface area contributed by atoms with E-state index in [9.17, 15) is 28.6 Å². The number of fused-ring (bicyclic) bond motifs is 1. The average molecular weight is 393 g/mol. The van der Waals surface area contributed by atoms with E-state index in [0.717, 1.165) is 17.9 Å². The van der Waals surface area contributed by atoms with Crippen LogP contribution >= 0.6 is 0 Å². The second kappa shape index (κ2) is 6.96. The SMILES string of the molecule is CS(=O)(=O)c1ncc2c(n1)CCN(Cc1ccc([N+](=O)[O-])cc1[N+](=O)[O-])C2. The van der Waals surface area contributed by atoms with Gasteiger partial charge in [-0.2, -0.15) is 0 Å². The van der Waals surface area contributed by atoms with Crippen LogP contribution in [0.5, 0.6) is 0 Å². The number of non-ortho nitro benzene ring substituents is 1. The number of hydrogen-bond donors (Lipinski definition) is 0. The summed E-state index contributed by atoms with van der Waals surface area (Å²) in [6, 6.07) is 3.57. The summed E-state index contributed by atoms with van der Waals surface area (Å²) in [6.45, 7) is 1.14. The molecule has 0 amide bonds. The molecular formula is C15H15N5O6S. The monoisotopic (exact) mass is 393 g/mol. The highest BCUT2D eigenvalue weighted by molar-refractivity contribution is 7.90. The first-order valence-electron chi connectivity index (χ1n) is 7.84. The Morgan fingerprint density at radius 1 is 1.22 bits per heavy atom. The van der Waals surface area contributed by atoms with E-state index in [1.807, 2.05) is 4.90 Å². The minimum Gasteiger partial charge on any atom is -0.294 e. The van der Waals surface area contributed by atoms with Crippen molar-refractivity contribution < 1.29 is 18.3 Å². The molecule has 12 heteroatoms. The van der Waals surface area contributed by atoms with E-state index in [2.05, 4.69) is 9.97 Å². The molecule has 1 aliphatic rings. The van der Waals surface area contributed by atoms with Crippen molar-refractivity contribution in [2.75, 3.05) is 12.8 Å². The number of nitro benzene ring substituents is 2. The van der Waals surface area contributed by atoms with E-state index in [4.69, 9.17) is 0 Å². The average Bonchev–Trinajstić information content (AvgIpc) is 2.60. The van der Waals surface area contributed by atoms with Crippen molar-refractivity contribution in [2.45, 2.75) is 24.7 Å². The number of nitro groups is 2. The fourth-order valence-electron chi connectivity index (χ4n) is 2.88. The topological polar surface area (TPSA) is 149 Å². The lowest BCUT2D eigenvalue weighted by Crippen LogP contribution is -2.31. The molecule has 142 valence electrons. The maximum absolute atomic E-state index is 11.6. The van der Waals surface area contributed by atoms with Crippen LogP contribution < -0.4 is 0 Å². The molecule has 0 N–H and O–H groups in total. The molecule has 11 nitrogen and oxygen atoms in total. The molecular weight excluding hydrogens is 378 g/mol. The largest absolute Gasteiger partial charge is 0.294 e. The smallest absolute Gasteiger partial charge is 0.280 e. The number of rotatable bonds is 5. The maximum Gasteiger partial charge on any atom is 0.280 e. The molecule has 0 unspecified atom stereocenters. The Labute approximate surface area is 153 Å². The Morgan fingerprint density at radius 2 is 1.96 bits per heavy atom. The lowest BCUT2D eigenvalue weighted by atomic mass is 10.1. The normalized spacial score (nSPS) is 14.6. The van der Waals surface area contributed by atoms with Gasteiger partial charge in [-0.25, -0.2) is 18.4 Å². The standard InChI is InChI=1S/C15H15N5O6S/c1-27(25,26)15-16-7-11-9-18(5-4-13(11)17-15)8-10-2-3-12(19(21)22)6-14(10)20(23)24/h2-3,6-7H,4-5,8-9H2,1H3. The molecule has 1 aromatic carbocycles. The summed E-state index contributed by atoms with van der Waals surface area (Å²) in [7, 11) is -3.49. The van der Waals surface area contributed by atoms with Crippen molar-refractivity contribution in [3.05, 3.63) is 61.4 Å². The predicted molar refractivity (Wildman–Crippen MR) is 92.7 cm³/mol. The molecule has 0 bridgehead atoms. The van der Waals surface area contributed by atoms with Gasteiger partial charge in [-0.15, -0.1) is 0 Å². The molecule has 1 aliphatic heterocycles. The zero-order chi connectivity index (χ0) is 19.8. The zero-order valence-electron chi connectivity index (χ0n) is 14.2. The van der Waals surface area contributed by atoms with Crippen LogP contribution in [0.25, 0.3) is 0 Å². The van der Waals surface area contributed by atoms with Crippen LogP contribution in [0, 0.1) is 20.2 Å². The van der Waals surface area contributed by atoms with Crippen molar-refractivity contribution in [3.8, 4) is 0 Å². The molecule has 0 saturated carbocycles. The van der Waals surface area contributed by atoms with Crippen LogP contribution in [0.4, 0.5) is 11.4 Å². The van der Waals surface area contributed by atoms with Crippen LogP contribution in [0.2, 0.25) is 0 Å². The quantitative estimate of drug-likeness (QED) is 0.415. The summed E-state index contributed by atoms with van der Waals surface area (Å²) in [5.41, 5.74) is 1.11. The van der Waals surface area contributed by atoms with E-state index in [1.165, 1.54) is 18.3 Å². The molecule has 2 heterocycles. The lowest BCUT2D eigenvalue weighted by molar-refractivity contribution is -0.394.